The molecule has 9 heteroatoms. The fourth-order valence-electron chi connectivity index (χ4n) is 3.68. The van der Waals surface area contributed by atoms with E-state index >= 15 is 4.39 Å². The first-order chi connectivity index (χ1) is 16.8. The van der Waals surface area contributed by atoms with Crippen molar-refractivity contribution in [1.82, 2.24) is 14.9 Å². The van der Waals surface area contributed by atoms with Crippen molar-refractivity contribution < 1.29 is 18.0 Å². The van der Waals surface area contributed by atoms with Crippen molar-refractivity contribution in [1.29, 1.82) is 0 Å². The molecule has 2 N–H and O–H groups in total. The number of hydrogen-bond donors (Lipinski definition) is 2. The monoisotopic (exact) mass is 496 g/mol. The number of aromatic nitrogens is 2. The molecule has 4 rings (SSSR count). The van der Waals surface area contributed by atoms with Crippen molar-refractivity contribution in [2.45, 2.75) is 11.8 Å². The molecule has 35 heavy (non-hydrogen) atoms. The van der Waals surface area contributed by atoms with Gasteiger partial charge in [0, 0.05) is 34.8 Å². The predicted octanol–water partition coefficient (Wildman–Crippen LogP) is 6.30. The van der Waals surface area contributed by atoms with Gasteiger partial charge in [-0.05, 0) is 80.5 Å². The minimum absolute atomic E-state index is 0.0927. The Labute approximate surface area is 205 Å². The molecule has 5 nitrogen and oxygen atoms in total. The number of benzene rings is 2. The van der Waals surface area contributed by atoms with Crippen LogP contribution >= 0.6 is 11.9 Å². The second-order valence-electron chi connectivity index (χ2n) is 8.15. The summed E-state index contributed by atoms with van der Waals surface area (Å²) in [7, 11) is 3.89. The third-order valence-corrected chi connectivity index (χ3v) is 6.19. The molecular formula is C26H23F3N4OS. The van der Waals surface area contributed by atoms with E-state index in [4.69, 9.17) is 0 Å². The van der Waals surface area contributed by atoms with E-state index in [1.54, 1.807) is 18.3 Å². The molecule has 0 saturated heterocycles. The predicted molar refractivity (Wildman–Crippen MR) is 134 cm³/mol. The lowest BCUT2D eigenvalue weighted by Crippen LogP contribution is -2.14. The maximum absolute atomic E-state index is 15.3. The molecule has 0 radical (unpaired) electrons. The van der Waals surface area contributed by atoms with Gasteiger partial charge < -0.3 is 14.6 Å². The summed E-state index contributed by atoms with van der Waals surface area (Å²) in [6.07, 6.45) is 5.06. The molecule has 0 aliphatic heterocycles. The van der Waals surface area contributed by atoms with Gasteiger partial charge in [0.25, 0.3) is 0 Å². The molecular weight excluding hydrogens is 473 g/mol. The molecule has 0 aliphatic rings. The number of fused-ring (bicyclic) bond motifs is 1. The van der Waals surface area contributed by atoms with Gasteiger partial charge in [-0.15, -0.1) is 0 Å². The number of pyridine rings is 1. The Morgan fingerprint density at radius 1 is 1.17 bits per heavy atom. The molecule has 0 unspecified atom stereocenters. The highest BCUT2D eigenvalue weighted by Crippen LogP contribution is 2.30. The number of nitrogens with one attached hydrogen (secondary N) is 2. The number of aromatic amines is 1. The molecule has 0 aliphatic carbocycles. The van der Waals surface area contributed by atoms with E-state index in [0.717, 1.165) is 29.2 Å². The van der Waals surface area contributed by atoms with E-state index in [9.17, 15) is 13.6 Å². The molecule has 0 bridgehead atoms. The van der Waals surface area contributed by atoms with Crippen molar-refractivity contribution in [3.05, 3.63) is 95.1 Å². The van der Waals surface area contributed by atoms with Gasteiger partial charge in [0.2, 0.25) is 5.78 Å². The van der Waals surface area contributed by atoms with Crippen molar-refractivity contribution in [2.24, 2.45) is 0 Å². The van der Waals surface area contributed by atoms with Crippen LogP contribution < -0.4 is 4.72 Å². The van der Waals surface area contributed by atoms with Gasteiger partial charge in [-0.3, -0.25) is 4.79 Å². The van der Waals surface area contributed by atoms with E-state index in [1.165, 1.54) is 30.5 Å². The van der Waals surface area contributed by atoms with E-state index in [-0.39, 0.29) is 11.3 Å². The minimum atomic E-state index is -1.03. The second-order valence-corrected chi connectivity index (χ2v) is 9.03. The van der Waals surface area contributed by atoms with Crippen molar-refractivity contribution in [3.63, 3.8) is 0 Å². The zero-order valence-electron chi connectivity index (χ0n) is 19.3. The summed E-state index contributed by atoms with van der Waals surface area (Å²) in [6, 6.07) is 9.74. The Balaban J connectivity index is 1.69. The lowest BCUT2D eigenvalue weighted by Gasteiger charge is -2.13. The lowest BCUT2D eigenvalue weighted by molar-refractivity contribution is 0.103. The number of halogens is 3. The van der Waals surface area contributed by atoms with Gasteiger partial charge in [0.05, 0.1) is 11.3 Å². The topological polar surface area (TPSA) is 61.0 Å². The van der Waals surface area contributed by atoms with Crippen LogP contribution in [0, 0.1) is 17.5 Å². The van der Waals surface area contributed by atoms with Crippen LogP contribution in [0.2, 0.25) is 0 Å². The first kappa shape index (κ1) is 24.6. The fraction of sp³-hybridized carbons (Fsp3) is 0.154. The number of likely N-dealkylation sites (N-methyl/N-ethyl adjacent to an activating group) is 1. The smallest absolute Gasteiger partial charge is 0.201 e. The number of carbonyl (C=O) groups is 1. The number of allylic oxidation sites excluding steroid dienone is 1. The van der Waals surface area contributed by atoms with E-state index in [1.807, 2.05) is 32.0 Å². The zero-order valence-corrected chi connectivity index (χ0v) is 20.1. The number of nitrogens with zero attached hydrogens (tertiary/aromatic N) is 2. The second kappa shape index (κ2) is 10.4. The van der Waals surface area contributed by atoms with Crippen LogP contribution in [0.4, 0.5) is 18.9 Å². The molecule has 0 atom stereocenters. The highest BCUT2D eigenvalue weighted by atomic mass is 32.2. The van der Waals surface area contributed by atoms with E-state index < -0.39 is 28.8 Å². The average molecular weight is 497 g/mol. The van der Waals surface area contributed by atoms with Gasteiger partial charge in [0.15, 0.2) is 5.82 Å². The third-order valence-electron chi connectivity index (χ3n) is 5.37. The number of anilines is 1. The van der Waals surface area contributed by atoms with Crippen LogP contribution in [0.1, 0.15) is 28.4 Å². The molecule has 0 saturated carbocycles. The number of hydrogen-bond acceptors (Lipinski definition) is 5. The fourth-order valence-corrected chi connectivity index (χ4v) is 4.38. The lowest BCUT2D eigenvalue weighted by atomic mass is 9.99. The Morgan fingerprint density at radius 3 is 2.69 bits per heavy atom. The standard InChI is InChI=1S/C26H23F3N4OS/c1-4-15(14-33(2)3)16-10-19-20(13-31-26(19)30-12-16)25(34)23-21(28)8-9-22(24(23)29)32-35-18-7-5-6-17(27)11-18/h4-13,32H,14H2,1-3H3,(H,30,31)/b15-4+. The van der Waals surface area contributed by atoms with E-state index in [0.29, 0.717) is 22.5 Å². The summed E-state index contributed by atoms with van der Waals surface area (Å²) in [4.78, 5) is 23.1. The number of rotatable bonds is 8. The number of ketones is 1. The summed E-state index contributed by atoms with van der Waals surface area (Å²) < 4.78 is 46.2. The zero-order chi connectivity index (χ0) is 25.1. The molecule has 0 fully saturated rings. The molecule has 2 aromatic carbocycles. The molecule has 0 spiro atoms. The summed E-state index contributed by atoms with van der Waals surface area (Å²) >= 11 is 0.950. The molecule has 0 amide bonds. The van der Waals surface area contributed by atoms with Gasteiger partial charge in [-0.25, -0.2) is 18.2 Å². The van der Waals surface area contributed by atoms with Crippen molar-refractivity contribution in [3.8, 4) is 0 Å². The van der Waals surface area contributed by atoms with Crippen LogP contribution in [-0.4, -0.2) is 41.3 Å². The summed E-state index contributed by atoms with van der Waals surface area (Å²) in [5, 5.41) is 0.469. The van der Waals surface area contributed by atoms with Crippen LogP contribution in [0.3, 0.4) is 0 Å². The Kier molecular flexibility index (Phi) is 7.28. The van der Waals surface area contributed by atoms with Gasteiger partial charge in [-0.1, -0.05) is 12.1 Å². The van der Waals surface area contributed by atoms with Crippen LogP contribution in [-0.2, 0) is 0 Å². The van der Waals surface area contributed by atoms with Gasteiger partial charge in [0.1, 0.15) is 17.3 Å². The van der Waals surface area contributed by atoms with Gasteiger partial charge >= 0.3 is 0 Å². The van der Waals surface area contributed by atoms with Crippen LogP contribution in [0.5, 0.6) is 0 Å². The van der Waals surface area contributed by atoms with Crippen molar-refractivity contribution >= 4 is 40.0 Å². The van der Waals surface area contributed by atoms with Gasteiger partial charge in [-0.2, -0.15) is 0 Å². The van der Waals surface area contributed by atoms with Crippen LogP contribution in [0.15, 0.2) is 65.8 Å². The Hall–Kier alpha value is -3.56. The summed E-state index contributed by atoms with van der Waals surface area (Å²) in [6.45, 7) is 2.58. The number of carbonyl (C=O) groups excluding carboxylic acids is 1. The maximum Gasteiger partial charge on any atom is 0.201 e. The number of H-pyrrole nitrogens is 1. The third kappa shape index (κ3) is 5.26. The largest absolute Gasteiger partial charge is 0.345 e. The average Bonchev–Trinajstić information content (AvgIpc) is 3.25. The summed E-state index contributed by atoms with van der Waals surface area (Å²) in [5.74, 6) is -3.25. The van der Waals surface area contributed by atoms with Crippen molar-refractivity contribution in [2.75, 3.05) is 25.4 Å². The SMILES string of the molecule is C/C=C(\CN(C)C)c1cnc2[nH]cc(C(=O)c3c(F)ccc(NSc4cccc(F)c4)c3F)c2c1. The highest BCUT2D eigenvalue weighted by Gasteiger charge is 2.25. The molecule has 2 heterocycles. The first-order valence-electron chi connectivity index (χ1n) is 10.8. The maximum atomic E-state index is 15.3. The normalized spacial score (nSPS) is 11.9. The quantitative estimate of drug-likeness (QED) is 0.222. The molecule has 4 aromatic rings. The molecule has 180 valence electrons. The Morgan fingerprint density at radius 2 is 1.97 bits per heavy atom. The highest BCUT2D eigenvalue weighted by molar-refractivity contribution is 8.00. The Bertz CT molecular complexity index is 1430. The van der Waals surface area contributed by atoms with E-state index in [2.05, 4.69) is 14.7 Å². The van der Waals surface area contributed by atoms with Crippen LogP contribution in [0.25, 0.3) is 16.6 Å². The summed E-state index contributed by atoms with van der Waals surface area (Å²) in [5.41, 5.74) is 1.59. The minimum Gasteiger partial charge on any atom is -0.345 e. The molecule has 2 aromatic heterocycles. The first-order valence-corrected chi connectivity index (χ1v) is 11.6.